The number of esters is 1. The van der Waals surface area contributed by atoms with Crippen molar-refractivity contribution in [1.82, 2.24) is 10.6 Å². The van der Waals surface area contributed by atoms with Crippen molar-refractivity contribution in [3.05, 3.63) is 35.9 Å². The van der Waals surface area contributed by atoms with E-state index in [0.29, 0.717) is 12.5 Å². The number of nitrogens with one attached hydrogen (secondary N) is 2. The maximum absolute atomic E-state index is 11.4. The van der Waals surface area contributed by atoms with Gasteiger partial charge in [-0.2, -0.15) is 0 Å². The highest BCUT2D eigenvalue weighted by Crippen LogP contribution is 2.12. The van der Waals surface area contributed by atoms with Gasteiger partial charge in [-0.05, 0) is 18.4 Å². The van der Waals surface area contributed by atoms with Crippen LogP contribution in [0.5, 0.6) is 0 Å². The minimum atomic E-state index is -0.244. The molecule has 0 aliphatic rings. The van der Waals surface area contributed by atoms with Gasteiger partial charge < -0.3 is 15.4 Å². The normalized spacial score (nSPS) is 14.1. The van der Waals surface area contributed by atoms with Gasteiger partial charge in [0.15, 0.2) is 5.96 Å². The summed E-state index contributed by atoms with van der Waals surface area (Å²) >= 11 is 0. The molecule has 2 unspecified atom stereocenters. The molecule has 0 amide bonds. The third-order valence-electron chi connectivity index (χ3n) is 3.42. The first-order valence-electron chi connectivity index (χ1n) is 7.73. The number of aliphatic imine (C=N–C) groups is 1. The number of guanidine groups is 1. The molecular formula is C17H27N3O2. The Bertz CT molecular complexity index is 474. The standard InChI is InChI=1S/C17H27N3O2/c1-5-18-17(20-12-14(3)16(21)22-4)19-11-13(2)15-9-7-6-8-10-15/h6-10,13-14H,5,11-12H2,1-4H3,(H2,18,19,20). The van der Waals surface area contributed by atoms with Gasteiger partial charge in [-0.15, -0.1) is 0 Å². The summed E-state index contributed by atoms with van der Waals surface area (Å²) in [5.41, 5.74) is 1.29. The average Bonchev–Trinajstić information content (AvgIpc) is 2.56. The van der Waals surface area contributed by atoms with Crippen molar-refractivity contribution in [3.63, 3.8) is 0 Å². The zero-order chi connectivity index (χ0) is 16.4. The van der Waals surface area contributed by atoms with Crippen LogP contribution in [0.4, 0.5) is 0 Å². The zero-order valence-corrected chi connectivity index (χ0v) is 13.9. The summed E-state index contributed by atoms with van der Waals surface area (Å²) in [5, 5.41) is 6.51. The van der Waals surface area contributed by atoms with Crippen LogP contribution < -0.4 is 10.6 Å². The smallest absolute Gasteiger partial charge is 0.310 e. The number of hydrogen-bond acceptors (Lipinski definition) is 3. The number of benzene rings is 1. The second-order valence-corrected chi connectivity index (χ2v) is 5.34. The highest BCUT2D eigenvalue weighted by molar-refractivity contribution is 5.80. The first-order valence-corrected chi connectivity index (χ1v) is 7.73. The van der Waals surface area contributed by atoms with E-state index in [2.05, 4.69) is 34.7 Å². The molecule has 0 saturated carbocycles. The molecule has 1 rings (SSSR count). The summed E-state index contributed by atoms with van der Waals surface area (Å²) in [7, 11) is 1.40. The van der Waals surface area contributed by atoms with Gasteiger partial charge in [-0.3, -0.25) is 9.79 Å². The third-order valence-corrected chi connectivity index (χ3v) is 3.42. The summed E-state index contributed by atoms with van der Waals surface area (Å²) in [6.07, 6.45) is 0. The molecule has 22 heavy (non-hydrogen) atoms. The molecule has 0 heterocycles. The van der Waals surface area contributed by atoms with Gasteiger partial charge in [0, 0.05) is 13.1 Å². The van der Waals surface area contributed by atoms with Crippen LogP contribution in [0.1, 0.15) is 32.3 Å². The molecule has 0 bridgehead atoms. The Labute approximate surface area is 133 Å². The Hall–Kier alpha value is -2.04. The fourth-order valence-corrected chi connectivity index (χ4v) is 1.99. The van der Waals surface area contributed by atoms with E-state index in [4.69, 9.17) is 4.74 Å². The lowest BCUT2D eigenvalue weighted by atomic mass is 10.0. The van der Waals surface area contributed by atoms with Crippen molar-refractivity contribution in [1.29, 1.82) is 0 Å². The predicted molar refractivity (Wildman–Crippen MR) is 90.0 cm³/mol. The van der Waals surface area contributed by atoms with E-state index in [1.165, 1.54) is 12.7 Å². The summed E-state index contributed by atoms with van der Waals surface area (Å²) in [6, 6.07) is 10.3. The van der Waals surface area contributed by atoms with E-state index in [-0.39, 0.29) is 11.9 Å². The molecule has 0 saturated heterocycles. The lowest BCUT2D eigenvalue weighted by Gasteiger charge is -2.16. The third kappa shape index (κ3) is 6.16. The van der Waals surface area contributed by atoms with Gasteiger partial charge in [-0.25, -0.2) is 0 Å². The van der Waals surface area contributed by atoms with Crippen molar-refractivity contribution < 1.29 is 9.53 Å². The van der Waals surface area contributed by atoms with Crippen LogP contribution in [0.2, 0.25) is 0 Å². The minimum absolute atomic E-state index is 0.239. The highest BCUT2D eigenvalue weighted by atomic mass is 16.5. The van der Waals surface area contributed by atoms with Crippen LogP contribution in [0.15, 0.2) is 35.3 Å². The van der Waals surface area contributed by atoms with Crippen LogP contribution >= 0.6 is 0 Å². The van der Waals surface area contributed by atoms with Crippen LogP contribution in [0, 0.1) is 5.92 Å². The zero-order valence-electron chi connectivity index (χ0n) is 13.9. The average molecular weight is 305 g/mol. The van der Waals surface area contributed by atoms with Gasteiger partial charge in [0.2, 0.25) is 0 Å². The summed E-state index contributed by atoms with van der Waals surface area (Å²) < 4.78 is 4.71. The molecule has 0 fully saturated rings. The molecule has 0 aliphatic carbocycles. The SMILES string of the molecule is CCNC(=NCC(C)C(=O)OC)NCC(C)c1ccccc1. The number of hydrogen-bond donors (Lipinski definition) is 2. The second-order valence-electron chi connectivity index (χ2n) is 5.34. The van der Waals surface area contributed by atoms with Crippen LogP contribution in [0.3, 0.4) is 0 Å². The number of rotatable bonds is 7. The van der Waals surface area contributed by atoms with Crippen molar-refractivity contribution in [3.8, 4) is 0 Å². The molecule has 122 valence electrons. The Morgan fingerprint density at radius 3 is 2.50 bits per heavy atom. The van der Waals surface area contributed by atoms with Gasteiger partial charge >= 0.3 is 5.97 Å². The van der Waals surface area contributed by atoms with Gasteiger partial charge in [0.05, 0.1) is 19.6 Å². The molecule has 5 heteroatoms. The molecule has 0 radical (unpaired) electrons. The topological polar surface area (TPSA) is 62.7 Å². The predicted octanol–water partition coefficient (Wildman–Crippen LogP) is 2.15. The number of methoxy groups -OCH3 is 1. The number of ether oxygens (including phenoxy) is 1. The van der Waals surface area contributed by atoms with E-state index in [1.54, 1.807) is 0 Å². The Morgan fingerprint density at radius 1 is 1.23 bits per heavy atom. The van der Waals surface area contributed by atoms with E-state index >= 15 is 0 Å². The number of carbonyl (C=O) groups excluding carboxylic acids is 1. The Kier molecular flexibility index (Phi) is 8.04. The monoisotopic (exact) mass is 305 g/mol. The molecule has 5 nitrogen and oxygen atoms in total. The quantitative estimate of drug-likeness (QED) is 0.460. The second kappa shape index (κ2) is 9.82. The van der Waals surface area contributed by atoms with Crippen LogP contribution in [0.25, 0.3) is 0 Å². The molecule has 2 atom stereocenters. The maximum atomic E-state index is 11.4. The summed E-state index contributed by atoms with van der Waals surface area (Å²) in [5.74, 6) is 0.619. The fourth-order valence-electron chi connectivity index (χ4n) is 1.99. The van der Waals surface area contributed by atoms with Crippen LogP contribution in [-0.2, 0) is 9.53 Å². The van der Waals surface area contributed by atoms with E-state index in [0.717, 1.165) is 19.0 Å². The fraction of sp³-hybridized carbons (Fsp3) is 0.529. The molecule has 0 aliphatic heterocycles. The molecule has 1 aromatic rings. The highest BCUT2D eigenvalue weighted by Gasteiger charge is 2.13. The summed E-state index contributed by atoms with van der Waals surface area (Å²) in [4.78, 5) is 15.8. The first kappa shape index (κ1) is 18.0. The van der Waals surface area contributed by atoms with Crippen molar-refractivity contribution in [2.24, 2.45) is 10.9 Å². The van der Waals surface area contributed by atoms with Gasteiger partial charge in [0.1, 0.15) is 0 Å². The summed E-state index contributed by atoms with van der Waals surface area (Å²) in [6.45, 7) is 7.96. The number of nitrogens with zero attached hydrogens (tertiary/aromatic N) is 1. The Morgan fingerprint density at radius 2 is 1.91 bits per heavy atom. The van der Waals surface area contributed by atoms with Crippen molar-refractivity contribution in [2.45, 2.75) is 26.7 Å². The van der Waals surface area contributed by atoms with Crippen molar-refractivity contribution >= 4 is 11.9 Å². The van der Waals surface area contributed by atoms with E-state index in [1.807, 2.05) is 32.0 Å². The molecule has 2 N–H and O–H groups in total. The molecular weight excluding hydrogens is 278 g/mol. The van der Waals surface area contributed by atoms with Crippen molar-refractivity contribution in [2.75, 3.05) is 26.7 Å². The molecule has 0 aromatic heterocycles. The maximum Gasteiger partial charge on any atom is 0.310 e. The van der Waals surface area contributed by atoms with Crippen LogP contribution in [-0.4, -0.2) is 38.7 Å². The number of carbonyl (C=O) groups is 1. The van der Waals surface area contributed by atoms with E-state index in [9.17, 15) is 4.79 Å². The molecule has 0 spiro atoms. The van der Waals surface area contributed by atoms with E-state index < -0.39 is 0 Å². The minimum Gasteiger partial charge on any atom is -0.469 e. The van der Waals surface area contributed by atoms with Gasteiger partial charge in [0.25, 0.3) is 0 Å². The van der Waals surface area contributed by atoms with Gasteiger partial charge in [-0.1, -0.05) is 44.2 Å². The molecule has 1 aromatic carbocycles. The largest absolute Gasteiger partial charge is 0.469 e. The lowest BCUT2D eigenvalue weighted by Crippen LogP contribution is -2.39. The first-order chi connectivity index (χ1) is 10.6. The lowest BCUT2D eigenvalue weighted by molar-refractivity contribution is -0.144. The Balaban J connectivity index is 2.55.